The van der Waals surface area contributed by atoms with E-state index in [1.807, 2.05) is 43.5 Å². The van der Waals surface area contributed by atoms with Crippen LogP contribution in [0.3, 0.4) is 0 Å². The van der Waals surface area contributed by atoms with Gasteiger partial charge in [0.2, 0.25) is 7.98 Å². The average Bonchev–Trinajstić information content (AvgIpc) is 2.79. The van der Waals surface area contributed by atoms with E-state index >= 15 is 0 Å². The molecular weight excluding hydrogens is 273 g/mol. The lowest BCUT2D eigenvalue weighted by atomic mass is 10.3. The van der Waals surface area contributed by atoms with E-state index in [1.54, 1.807) is 13.4 Å². The summed E-state index contributed by atoms with van der Waals surface area (Å²) in [4.78, 5) is 4.33. The fraction of sp³-hybridized carbons (Fsp3) is 0.462. The Morgan fingerprint density at radius 3 is 2.80 bits per heavy atom. The number of nitrogens with zero attached hydrogens (tertiary/aromatic N) is 3. The molecule has 1 atom stereocenters. The lowest BCUT2D eigenvalue weighted by molar-refractivity contribution is 0.414. The van der Waals surface area contributed by atoms with Crippen molar-refractivity contribution in [2.45, 2.75) is 32.1 Å². The Hall–Kier alpha value is -1.34. The first kappa shape index (κ1) is 15.1. The maximum Gasteiger partial charge on any atom is 0.203 e. The Labute approximate surface area is 123 Å². The van der Waals surface area contributed by atoms with Crippen molar-refractivity contribution < 1.29 is 8.95 Å². The van der Waals surface area contributed by atoms with Crippen molar-refractivity contribution in [3.8, 4) is 5.75 Å². The van der Waals surface area contributed by atoms with Gasteiger partial charge in [-0.05, 0) is 26.8 Å². The van der Waals surface area contributed by atoms with Gasteiger partial charge in [-0.1, -0.05) is 0 Å². The molecule has 2 rings (SSSR count). The van der Waals surface area contributed by atoms with Crippen LogP contribution >= 0.6 is 0 Å². The van der Waals surface area contributed by atoms with Gasteiger partial charge in [0.15, 0.2) is 0 Å². The van der Waals surface area contributed by atoms with Gasteiger partial charge >= 0.3 is 0 Å². The monoisotopic (exact) mass is 291 g/mol. The number of methoxy groups -OCH3 is 1. The quantitative estimate of drug-likeness (QED) is 0.805. The highest BCUT2D eigenvalue weighted by atomic mass is 32.2. The summed E-state index contributed by atoms with van der Waals surface area (Å²) in [5.74, 6) is 0.750. The molecule has 0 aliphatic heterocycles. The summed E-state index contributed by atoms with van der Waals surface area (Å²) < 4.78 is 20.2. The summed E-state index contributed by atoms with van der Waals surface area (Å²) in [6, 6.07) is 3.74. The zero-order valence-corrected chi connectivity index (χ0v) is 13.0. The van der Waals surface area contributed by atoms with E-state index in [0.717, 1.165) is 17.0 Å². The zero-order chi connectivity index (χ0) is 14.9. The molecule has 2 radical (unpaired) electrons. The van der Waals surface area contributed by atoms with E-state index in [4.69, 9.17) is 12.7 Å². The van der Waals surface area contributed by atoms with E-state index in [2.05, 4.69) is 4.98 Å². The van der Waals surface area contributed by atoms with Crippen LogP contribution in [0.4, 0.5) is 0 Å². The zero-order valence-electron chi connectivity index (χ0n) is 12.2. The van der Waals surface area contributed by atoms with Gasteiger partial charge in [0, 0.05) is 18.8 Å². The molecule has 7 heteroatoms. The number of pyridine rings is 1. The first-order valence-electron chi connectivity index (χ1n) is 6.26. The number of fused-ring (bicyclic) bond motifs is 1. The van der Waals surface area contributed by atoms with E-state index < -0.39 is 15.7 Å². The Kier molecular flexibility index (Phi) is 4.20. The predicted octanol–water partition coefficient (Wildman–Crippen LogP) is 1.69. The molecule has 0 spiro atoms. The first-order chi connectivity index (χ1) is 9.32. The van der Waals surface area contributed by atoms with Gasteiger partial charge in [0.25, 0.3) is 0 Å². The Balaban J connectivity index is 2.28. The maximum absolute atomic E-state index is 12.2. The van der Waals surface area contributed by atoms with Crippen LogP contribution in [-0.2, 0) is 17.5 Å². The number of hydrogen-bond donors (Lipinski definition) is 0. The van der Waals surface area contributed by atoms with Gasteiger partial charge < -0.3 is 9.14 Å². The SMILES string of the molecule is [B]N(Cc1ncn2ccc(OC)cc12)S(=O)C(C)(C)C. The highest BCUT2D eigenvalue weighted by molar-refractivity contribution is 7.84. The Bertz CT molecular complexity index is 636. The van der Waals surface area contributed by atoms with E-state index in [-0.39, 0.29) is 0 Å². The van der Waals surface area contributed by atoms with Gasteiger partial charge in [-0.2, -0.15) is 0 Å². The minimum absolute atomic E-state index is 0.313. The summed E-state index contributed by atoms with van der Waals surface area (Å²) in [5, 5.41) is 0. The third-order valence-electron chi connectivity index (χ3n) is 2.87. The van der Waals surface area contributed by atoms with Crippen molar-refractivity contribution >= 4 is 24.5 Å². The molecule has 0 saturated heterocycles. The average molecular weight is 291 g/mol. The lowest BCUT2D eigenvalue weighted by Crippen LogP contribution is -2.35. The van der Waals surface area contributed by atoms with Crippen LogP contribution in [0.2, 0.25) is 0 Å². The smallest absolute Gasteiger partial charge is 0.203 e. The van der Waals surface area contributed by atoms with Crippen LogP contribution in [0.15, 0.2) is 24.7 Å². The molecule has 2 aromatic rings. The third kappa shape index (κ3) is 3.04. The number of aromatic nitrogens is 2. The molecule has 0 bridgehead atoms. The summed E-state index contributed by atoms with van der Waals surface area (Å²) in [6.45, 7) is 5.97. The largest absolute Gasteiger partial charge is 0.497 e. The fourth-order valence-corrected chi connectivity index (χ4v) is 2.77. The van der Waals surface area contributed by atoms with Crippen LogP contribution < -0.4 is 4.74 Å². The van der Waals surface area contributed by atoms with Crippen LogP contribution in [-0.4, -0.2) is 37.6 Å². The molecule has 0 N–H and O–H groups in total. The fourth-order valence-electron chi connectivity index (χ4n) is 1.83. The van der Waals surface area contributed by atoms with Crippen molar-refractivity contribution in [2.24, 2.45) is 0 Å². The molecule has 0 aliphatic carbocycles. The normalized spacial score (nSPS) is 13.8. The van der Waals surface area contributed by atoms with Gasteiger partial charge in [-0.3, -0.25) is 4.22 Å². The van der Waals surface area contributed by atoms with Gasteiger partial charge in [-0.25, -0.2) is 9.19 Å². The van der Waals surface area contributed by atoms with Crippen molar-refractivity contribution in [1.29, 1.82) is 0 Å². The van der Waals surface area contributed by atoms with Crippen molar-refractivity contribution in [3.05, 3.63) is 30.4 Å². The van der Waals surface area contributed by atoms with Crippen LogP contribution in [0.1, 0.15) is 26.5 Å². The van der Waals surface area contributed by atoms with Crippen molar-refractivity contribution in [3.63, 3.8) is 0 Å². The van der Waals surface area contributed by atoms with Crippen molar-refractivity contribution in [2.75, 3.05) is 7.11 Å². The van der Waals surface area contributed by atoms with Crippen LogP contribution in [0.5, 0.6) is 5.75 Å². The van der Waals surface area contributed by atoms with Crippen molar-refractivity contribution in [1.82, 2.24) is 13.6 Å². The second kappa shape index (κ2) is 5.57. The maximum atomic E-state index is 12.2. The molecule has 0 fully saturated rings. The molecule has 20 heavy (non-hydrogen) atoms. The van der Waals surface area contributed by atoms with Gasteiger partial charge in [0.1, 0.15) is 5.75 Å². The molecule has 106 valence electrons. The van der Waals surface area contributed by atoms with E-state index in [1.165, 1.54) is 4.22 Å². The highest BCUT2D eigenvalue weighted by Gasteiger charge is 2.24. The molecule has 0 saturated carbocycles. The molecular formula is C13H18BN3O2S. The number of hydrogen-bond acceptors (Lipinski definition) is 3. The summed E-state index contributed by atoms with van der Waals surface area (Å²) in [6.07, 6.45) is 3.57. The van der Waals surface area contributed by atoms with E-state index in [0.29, 0.717) is 6.54 Å². The highest BCUT2D eigenvalue weighted by Crippen LogP contribution is 2.20. The number of ether oxygens (including phenoxy) is 1. The number of imidazole rings is 1. The molecule has 2 aromatic heterocycles. The van der Waals surface area contributed by atoms with Crippen LogP contribution in [0.25, 0.3) is 5.52 Å². The summed E-state index contributed by atoms with van der Waals surface area (Å²) in [7, 11) is 6.24. The minimum Gasteiger partial charge on any atom is -0.497 e. The van der Waals surface area contributed by atoms with Gasteiger partial charge in [0.05, 0.1) is 40.4 Å². The Morgan fingerprint density at radius 1 is 1.50 bits per heavy atom. The number of rotatable bonds is 4. The third-order valence-corrected chi connectivity index (χ3v) is 4.47. The minimum atomic E-state index is -1.29. The molecule has 1 unspecified atom stereocenters. The molecule has 0 amide bonds. The summed E-state index contributed by atoms with van der Waals surface area (Å²) >= 11 is 0. The van der Waals surface area contributed by atoms with Gasteiger partial charge in [-0.15, -0.1) is 0 Å². The lowest BCUT2D eigenvalue weighted by Gasteiger charge is -2.25. The molecule has 0 aromatic carbocycles. The predicted molar refractivity (Wildman–Crippen MR) is 80.9 cm³/mol. The Morgan fingerprint density at radius 2 is 2.20 bits per heavy atom. The second-order valence-corrected chi connectivity index (χ2v) is 7.68. The molecule has 0 aliphatic rings. The standard InChI is InChI=1S/C13H18BN3O2S/c1-13(2,3)20(18)17(14)8-11-12-7-10(19-4)5-6-16(12)9-15-11/h5-7,9H,8H2,1-4H3. The van der Waals surface area contributed by atoms with E-state index in [9.17, 15) is 4.21 Å². The molecule has 5 nitrogen and oxygen atoms in total. The topological polar surface area (TPSA) is 46.8 Å². The first-order valence-corrected chi connectivity index (χ1v) is 7.37. The van der Waals surface area contributed by atoms with Crippen LogP contribution in [0, 0.1) is 0 Å². The molecule has 2 heterocycles. The summed E-state index contributed by atoms with van der Waals surface area (Å²) in [5.41, 5.74) is 1.66. The second-order valence-electron chi connectivity index (χ2n) is 5.49.